The molecule has 0 amide bonds. The number of carboxylic acids is 1. The van der Waals surface area contributed by atoms with Crippen LogP contribution in [0, 0.1) is 0 Å². The Balaban J connectivity index is 1.69. The van der Waals surface area contributed by atoms with Crippen LogP contribution in [0.15, 0.2) is 42.5 Å². The molecule has 5 nitrogen and oxygen atoms in total. The molecule has 108 valence electrons. The first kappa shape index (κ1) is 13.3. The summed E-state index contributed by atoms with van der Waals surface area (Å²) < 4.78 is 5.82. The van der Waals surface area contributed by atoms with Crippen LogP contribution in [0.2, 0.25) is 0 Å². The third-order valence-corrected chi connectivity index (χ3v) is 3.51. The molecular formula is C16H16N2O3. The second-order valence-electron chi connectivity index (χ2n) is 5.04. The Hall–Kier alpha value is -2.69. The van der Waals surface area contributed by atoms with Gasteiger partial charge in [0.2, 0.25) is 0 Å². The quantitative estimate of drug-likeness (QED) is 0.751. The molecule has 1 atom stereocenters. The van der Waals surface area contributed by atoms with Crippen LogP contribution in [-0.2, 0) is 6.42 Å². The molecule has 0 aliphatic carbocycles. The monoisotopic (exact) mass is 284 g/mol. The summed E-state index contributed by atoms with van der Waals surface area (Å²) in [4.78, 5) is 11.2. The molecule has 2 aromatic carbocycles. The summed E-state index contributed by atoms with van der Waals surface area (Å²) in [6.07, 6.45) is 0.805. The number of carboxylic acid groups (broad SMARTS) is 1. The van der Waals surface area contributed by atoms with Crippen molar-refractivity contribution in [3.05, 3.63) is 53.6 Å². The van der Waals surface area contributed by atoms with Crippen molar-refractivity contribution in [1.29, 1.82) is 0 Å². The van der Waals surface area contributed by atoms with Crippen LogP contribution in [0.3, 0.4) is 0 Å². The van der Waals surface area contributed by atoms with Gasteiger partial charge in [-0.2, -0.15) is 0 Å². The number of nitrogens with one attached hydrogen (secondary N) is 1. The minimum atomic E-state index is -0.979. The predicted molar refractivity (Wildman–Crippen MR) is 80.9 cm³/mol. The van der Waals surface area contributed by atoms with Crippen LogP contribution in [0.1, 0.15) is 15.9 Å². The molecule has 0 saturated carbocycles. The van der Waals surface area contributed by atoms with Gasteiger partial charge in [0.15, 0.2) is 0 Å². The highest BCUT2D eigenvalue weighted by Crippen LogP contribution is 2.28. The van der Waals surface area contributed by atoms with Crippen molar-refractivity contribution in [3.63, 3.8) is 0 Å². The van der Waals surface area contributed by atoms with Crippen LogP contribution in [0.5, 0.6) is 5.75 Å². The molecule has 1 aliphatic heterocycles. The third-order valence-electron chi connectivity index (χ3n) is 3.51. The second kappa shape index (κ2) is 5.36. The van der Waals surface area contributed by atoms with E-state index in [1.165, 1.54) is 11.6 Å². The number of carbonyl (C=O) groups is 1. The minimum Gasteiger partial charge on any atom is -0.488 e. The fourth-order valence-corrected chi connectivity index (χ4v) is 2.49. The Morgan fingerprint density at radius 2 is 2.14 bits per heavy atom. The van der Waals surface area contributed by atoms with Gasteiger partial charge in [0.25, 0.3) is 0 Å². The lowest BCUT2D eigenvalue weighted by Crippen LogP contribution is -2.24. The van der Waals surface area contributed by atoms with E-state index in [1.807, 2.05) is 24.3 Å². The van der Waals surface area contributed by atoms with Gasteiger partial charge in [-0.25, -0.2) is 4.79 Å². The number of hydrogen-bond acceptors (Lipinski definition) is 4. The molecule has 2 aromatic rings. The van der Waals surface area contributed by atoms with Crippen LogP contribution >= 0.6 is 0 Å². The van der Waals surface area contributed by atoms with E-state index in [1.54, 1.807) is 12.1 Å². The third kappa shape index (κ3) is 2.76. The highest BCUT2D eigenvalue weighted by Gasteiger charge is 2.22. The van der Waals surface area contributed by atoms with Gasteiger partial charge in [0, 0.05) is 12.1 Å². The predicted octanol–water partition coefficient (Wildman–Crippen LogP) is 2.38. The fraction of sp³-hybridized carbons (Fsp3) is 0.188. The molecule has 0 radical (unpaired) electrons. The molecule has 21 heavy (non-hydrogen) atoms. The van der Waals surface area contributed by atoms with Crippen molar-refractivity contribution in [1.82, 2.24) is 0 Å². The standard InChI is InChI=1S/C16H16N2O3/c17-11-5-6-13(16(19)20)14(8-11)18-9-12-7-10-3-1-2-4-15(10)21-12/h1-6,8,12,18H,7,9,17H2,(H,19,20). The lowest BCUT2D eigenvalue weighted by molar-refractivity contribution is 0.0698. The molecule has 0 bridgehead atoms. The smallest absolute Gasteiger partial charge is 0.337 e. The summed E-state index contributed by atoms with van der Waals surface area (Å²) in [5, 5.41) is 12.3. The summed E-state index contributed by atoms with van der Waals surface area (Å²) >= 11 is 0. The maximum atomic E-state index is 11.2. The van der Waals surface area contributed by atoms with E-state index in [-0.39, 0.29) is 11.7 Å². The van der Waals surface area contributed by atoms with Crippen LogP contribution in [-0.4, -0.2) is 23.7 Å². The summed E-state index contributed by atoms with van der Waals surface area (Å²) in [5.74, 6) is -0.0801. The molecular weight excluding hydrogens is 268 g/mol. The molecule has 0 saturated heterocycles. The molecule has 4 N–H and O–H groups in total. The number of hydrogen-bond donors (Lipinski definition) is 3. The Bertz CT molecular complexity index is 660. The summed E-state index contributed by atoms with van der Waals surface area (Å²) in [5.41, 5.74) is 8.14. The zero-order chi connectivity index (χ0) is 14.8. The van der Waals surface area contributed by atoms with E-state index in [4.69, 9.17) is 10.5 Å². The van der Waals surface area contributed by atoms with Crippen molar-refractivity contribution >= 4 is 17.3 Å². The van der Waals surface area contributed by atoms with Gasteiger partial charge < -0.3 is 20.9 Å². The second-order valence-corrected chi connectivity index (χ2v) is 5.04. The number of rotatable bonds is 4. The topological polar surface area (TPSA) is 84.6 Å². The number of nitrogen functional groups attached to an aromatic ring is 1. The van der Waals surface area contributed by atoms with E-state index in [9.17, 15) is 9.90 Å². The van der Waals surface area contributed by atoms with Gasteiger partial charge in [-0.1, -0.05) is 18.2 Å². The molecule has 0 aromatic heterocycles. The number of benzene rings is 2. The Labute approximate surface area is 122 Å². The van der Waals surface area contributed by atoms with Crippen LogP contribution < -0.4 is 15.8 Å². The molecule has 1 unspecified atom stereocenters. The Morgan fingerprint density at radius 1 is 1.33 bits per heavy atom. The largest absolute Gasteiger partial charge is 0.488 e. The number of para-hydroxylation sites is 1. The zero-order valence-corrected chi connectivity index (χ0v) is 11.4. The van der Waals surface area contributed by atoms with Gasteiger partial charge in [0.1, 0.15) is 11.9 Å². The zero-order valence-electron chi connectivity index (χ0n) is 11.4. The maximum Gasteiger partial charge on any atom is 0.337 e. The number of anilines is 2. The lowest BCUT2D eigenvalue weighted by atomic mass is 10.1. The molecule has 1 heterocycles. The van der Waals surface area contributed by atoms with Crippen molar-refractivity contribution < 1.29 is 14.6 Å². The van der Waals surface area contributed by atoms with Crippen molar-refractivity contribution in [2.45, 2.75) is 12.5 Å². The van der Waals surface area contributed by atoms with Gasteiger partial charge in [0.05, 0.1) is 17.8 Å². The number of ether oxygens (including phenoxy) is 1. The minimum absolute atomic E-state index is 0.00882. The van der Waals surface area contributed by atoms with E-state index >= 15 is 0 Å². The molecule has 0 spiro atoms. The highest BCUT2D eigenvalue weighted by molar-refractivity contribution is 5.95. The van der Waals surface area contributed by atoms with Crippen LogP contribution in [0.4, 0.5) is 11.4 Å². The Kier molecular flexibility index (Phi) is 3.39. The van der Waals surface area contributed by atoms with Gasteiger partial charge in [-0.3, -0.25) is 0 Å². The van der Waals surface area contributed by atoms with Gasteiger partial charge in [-0.15, -0.1) is 0 Å². The van der Waals surface area contributed by atoms with Gasteiger partial charge >= 0.3 is 5.97 Å². The SMILES string of the molecule is Nc1ccc(C(=O)O)c(NCC2Cc3ccccc3O2)c1. The van der Waals surface area contributed by atoms with Crippen molar-refractivity contribution in [3.8, 4) is 5.75 Å². The summed E-state index contributed by atoms with van der Waals surface area (Å²) in [7, 11) is 0. The summed E-state index contributed by atoms with van der Waals surface area (Å²) in [6, 6.07) is 12.6. The number of fused-ring (bicyclic) bond motifs is 1. The van der Waals surface area contributed by atoms with Crippen molar-refractivity contribution in [2.24, 2.45) is 0 Å². The average molecular weight is 284 g/mol. The molecule has 1 aliphatic rings. The van der Waals surface area contributed by atoms with E-state index in [0.717, 1.165) is 12.2 Å². The molecule has 0 fully saturated rings. The molecule has 5 heteroatoms. The number of aromatic carboxylic acids is 1. The average Bonchev–Trinajstić information content (AvgIpc) is 2.87. The highest BCUT2D eigenvalue weighted by atomic mass is 16.5. The maximum absolute atomic E-state index is 11.2. The fourth-order valence-electron chi connectivity index (χ4n) is 2.49. The number of nitrogens with two attached hydrogens (primary N) is 1. The van der Waals surface area contributed by atoms with E-state index in [2.05, 4.69) is 5.32 Å². The van der Waals surface area contributed by atoms with Gasteiger partial charge in [-0.05, 0) is 29.8 Å². The van der Waals surface area contributed by atoms with Crippen molar-refractivity contribution in [2.75, 3.05) is 17.6 Å². The first-order valence-electron chi connectivity index (χ1n) is 6.75. The van der Waals surface area contributed by atoms with Crippen LogP contribution in [0.25, 0.3) is 0 Å². The lowest BCUT2D eigenvalue weighted by Gasteiger charge is -2.15. The summed E-state index contributed by atoms with van der Waals surface area (Å²) in [6.45, 7) is 0.526. The first-order chi connectivity index (χ1) is 10.1. The normalized spacial score (nSPS) is 16.1. The molecule has 3 rings (SSSR count). The van der Waals surface area contributed by atoms with E-state index in [0.29, 0.717) is 17.9 Å². The Morgan fingerprint density at radius 3 is 2.90 bits per heavy atom. The van der Waals surface area contributed by atoms with E-state index < -0.39 is 5.97 Å². The first-order valence-corrected chi connectivity index (χ1v) is 6.75.